The number of hydrogen-bond acceptors (Lipinski definition) is 3. The third-order valence-electron chi connectivity index (χ3n) is 3.01. The number of halogens is 1. The molecule has 1 aromatic heterocycles. The van der Waals surface area contributed by atoms with Gasteiger partial charge in [0.1, 0.15) is 4.47 Å². The van der Waals surface area contributed by atoms with Gasteiger partial charge in [-0.3, -0.25) is 4.79 Å². The summed E-state index contributed by atoms with van der Waals surface area (Å²) >= 11 is 3.39. The summed E-state index contributed by atoms with van der Waals surface area (Å²) in [5.41, 5.74) is 0.732. The van der Waals surface area contributed by atoms with Crippen LogP contribution in [0.2, 0.25) is 0 Å². The van der Waals surface area contributed by atoms with E-state index in [4.69, 9.17) is 0 Å². The first kappa shape index (κ1) is 16.2. The normalized spacial score (nSPS) is 12.7. The second-order valence-corrected chi connectivity index (χ2v) is 6.08. The van der Waals surface area contributed by atoms with Crippen LogP contribution in [0.25, 0.3) is 0 Å². The van der Waals surface area contributed by atoms with E-state index in [-0.39, 0.29) is 5.56 Å². The van der Waals surface area contributed by atoms with Gasteiger partial charge in [-0.1, -0.05) is 34.1 Å². The largest absolute Gasteiger partial charge is 0.380 e. The van der Waals surface area contributed by atoms with Crippen LogP contribution in [0, 0.1) is 5.92 Å². The van der Waals surface area contributed by atoms with Gasteiger partial charge in [-0.25, -0.2) is 4.68 Å². The lowest BCUT2D eigenvalue weighted by molar-refractivity contribution is 0.462. The van der Waals surface area contributed by atoms with Crippen LogP contribution in [0.4, 0.5) is 5.69 Å². The van der Waals surface area contributed by atoms with Crippen LogP contribution in [-0.2, 0) is 6.54 Å². The average molecular weight is 330 g/mol. The molecule has 1 heterocycles. The third kappa shape index (κ3) is 4.64. The Labute approximate surface area is 123 Å². The molecule has 1 atom stereocenters. The summed E-state index contributed by atoms with van der Waals surface area (Å²) in [5.74, 6) is 0.402. The van der Waals surface area contributed by atoms with Gasteiger partial charge in [0.15, 0.2) is 0 Å². The highest BCUT2D eigenvalue weighted by atomic mass is 79.9. The Kier molecular flexibility index (Phi) is 6.55. The van der Waals surface area contributed by atoms with Crippen molar-refractivity contribution in [3.63, 3.8) is 0 Å². The quantitative estimate of drug-likeness (QED) is 0.830. The molecule has 0 saturated carbocycles. The summed E-state index contributed by atoms with van der Waals surface area (Å²) in [6.45, 7) is 9.10. The van der Waals surface area contributed by atoms with Crippen molar-refractivity contribution in [2.24, 2.45) is 5.92 Å². The average Bonchev–Trinajstić information content (AvgIpc) is 2.37. The lowest BCUT2D eigenvalue weighted by Crippen LogP contribution is -2.28. The highest BCUT2D eigenvalue weighted by Gasteiger charge is 2.12. The highest BCUT2D eigenvalue weighted by molar-refractivity contribution is 9.10. The van der Waals surface area contributed by atoms with Crippen molar-refractivity contribution < 1.29 is 0 Å². The Balaban J connectivity index is 2.92. The molecule has 0 bridgehead atoms. The standard InChI is InChI=1S/C14H24BrN3O/c1-5-7-11(6-2)17-12-8-16-18(9-10(3)4)14(19)13(12)15/h8,10-11,17H,5-7,9H2,1-4H3. The van der Waals surface area contributed by atoms with Gasteiger partial charge in [0.2, 0.25) is 0 Å². The van der Waals surface area contributed by atoms with E-state index in [0.717, 1.165) is 24.9 Å². The van der Waals surface area contributed by atoms with E-state index in [9.17, 15) is 4.79 Å². The van der Waals surface area contributed by atoms with Crippen molar-refractivity contribution in [2.45, 2.75) is 59.5 Å². The van der Waals surface area contributed by atoms with E-state index in [2.05, 4.69) is 54.0 Å². The first-order valence-electron chi connectivity index (χ1n) is 7.01. The molecule has 19 heavy (non-hydrogen) atoms. The van der Waals surface area contributed by atoms with E-state index >= 15 is 0 Å². The van der Waals surface area contributed by atoms with Crippen LogP contribution in [0.5, 0.6) is 0 Å². The number of anilines is 1. The first-order chi connectivity index (χ1) is 8.99. The monoisotopic (exact) mass is 329 g/mol. The Hall–Kier alpha value is -0.840. The molecular weight excluding hydrogens is 306 g/mol. The van der Waals surface area contributed by atoms with Crippen molar-refractivity contribution in [3.05, 3.63) is 21.0 Å². The molecule has 0 spiro atoms. The summed E-state index contributed by atoms with van der Waals surface area (Å²) in [4.78, 5) is 12.2. The maximum atomic E-state index is 12.2. The molecule has 0 saturated heterocycles. The summed E-state index contributed by atoms with van der Waals surface area (Å²) in [6.07, 6.45) is 5.00. The van der Waals surface area contributed by atoms with Gasteiger partial charge in [-0.05, 0) is 34.7 Å². The minimum atomic E-state index is -0.0648. The maximum absolute atomic E-state index is 12.2. The molecule has 0 radical (unpaired) electrons. The Morgan fingerprint density at radius 3 is 2.63 bits per heavy atom. The lowest BCUT2D eigenvalue weighted by atomic mass is 10.1. The number of aromatic nitrogens is 2. The molecule has 1 unspecified atom stereocenters. The molecule has 108 valence electrons. The van der Waals surface area contributed by atoms with Gasteiger partial charge in [0, 0.05) is 12.6 Å². The summed E-state index contributed by atoms with van der Waals surface area (Å²) in [6, 6.07) is 0.392. The zero-order valence-corrected chi connectivity index (χ0v) is 13.8. The summed E-state index contributed by atoms with van der Waals surface area (Å²) < 4.78 is 2.10. The number of rotatable bonds is 7. The molecule has 1 rings (SSSR count). The molecule has 0 fully saturated rings. The molecule has 0 aliphatic rings. The molecule has 1 N–H and O–H groups in total. The zero-order valence-electron chi connectivity index (χ0n) is 12.2. The molecule has 1 aromatic rings. The van der Waals surface area contributed by atoms with Gasteiger partial charge in [-0.2, -0.15) is 5.10 Å². The van der Waals surface area contributed by atoms with Gasteiger partial charge in [-0.15, -0.1) is 0 Å². The van der Waals surface area contributed by atoms with Crippen LogP contribution >= 0.6 is 15.9 Å². The molecule has 0 aliphatic carbocycles. The van der Waals surface area contributed by atoms with Gasteiger partial charge in [0.05, 0.1) is 11.9 Å². The third-order valence-corrected chi connectivity index (χ3v) is 3.78. The van der Waals surface area contributed by atoms with E-state index in [1.807, 2.05) is 0 Å². The van der Waals surface area contributed by atoms with Crippen molar-refractivity contribution in [1.29, 1.82) is 0 Å². The molecule has 5 heteroatoms. The Morgan fingerprint density at radius 1 is 1.42 bits per heavy atom. The minimum absolute atomic E-state index is 0.0648. The van der Waals surface area contributed by atoms with Crippen LogP contribution < -0.4 is 10.9 Å². The molecule has 0 amide bonds. The predicted molar refractivity (Wildman–Crippen MR) is 83.6 cm³/mol. The number of nitrogens with zero attached hydrogens (tertiary/aromatic N) is 2. The van der Waals surface area contributed by atoms with Crippen molar-refractivity contribution in [3.8, 4) is 0 Å². The summed E-state index contributed by atoms with van der Waals surface area (Å²) in [5, 5.41) is 7.63. The molecule has 4 nitrogen and oxygen atoms in total. The smallest absolute Gasteiger partial charge is 0.283 e. The fourth-order valence-corrected chi connectivity index (χ4v) is 2.41. The SMILES string of the molecule is CCCC(CC)Nc1cnn(CC(C)C)c(=O)c1Br. The molecule has 0 aliphatic heterocycles. The van der Waals surface area contributed by atoms with E-state index < -0.39 is 0 Å². The summed E-state index contributed by atoms with van der Waals surface area (Å²) in [7, 11) is 0. The van der Waals surface area contributed by atoms with Crippen LogP contribution in [0.15, 0.2) is 15.5 Å². The van der Waals surface area contributed by atoms with Gasteiger partial charge < -0.3 is 5.32 Å². The fraction of sp³-hybridized carbons (Fsp3) is 0.714. The topological polar surface area (TPSA) is 46.9 Å². The van der Waals surface area contributed by atoms with Crippen molar-refractivity contribution in [1.82, 2.24) is 9.78 Å². The maximum Gasteiger partial charge on any atom is 0.283 e. The second-order valence-electron chi connectivity index (χ2n) is 5.29. The number of hydrogen-bond donors (Lipinski definition) is 1. The van der Waals surface area contributed by atoms with E-state index in [1.54, 1.807) is 6.20 Å². The highest BCUT2D eigenvalue weighted by Crippen LogP contribution is 2.19. The van der Waals surface area contributed by atoms with Crippen LogP contribution in [-0.4, -0.2) is 15.8 Å². The lowest BCUT2D eigenvalue weighted by Gasteiger charge is -2.18. The van der Waals surface area contributed by atoms with Gasteiger partial charge in [0.25, 0.3) is 5.56 Å². The molecule has 0 aromatic carbocycles. The predicted octanol–water partition coefficient (Wildman–Crippen LogP) is 3.65. The van der Waals surface area contributed by atoms with Crippen molar-refractivity contribution in [2.75, 3.05) is 5.32 Å². The zero-order chi connectivity index (χ0) is 14.4. The molecular formula is C14H24BrN3O. The second kappa shape index (κ2) is 7.68. The number of nitrogens with one attached hydrogen (secondary N) is 1. The van der Waals surface area contributed by atoms with Crippen LogP contribution in [0.1, 0.15) is 47.0 Å². The first-order valence-corrected chi connectivity index (χ1v) is 7.81. The van der Waals surface area contributed by atoms with E-state index in [1.165, 1.54) is 4.68 Å². The minimum Gasteiger partial charge on any atom is -0.380 e. The van der Waals surface area contributed by atoms with Gasteiger partial charge >= 0.3 is 0 Å². The Bertz CT molecular complexity index is 456. The fourth-order valence-electron chi connectivity index (χ4n) is 1.99. The van der Waals surface area contributed by atoms with Crippen LogP contribution in [0.3, 0.4) is 0 Å². The Morgan fingerprint density at radius 2 is 2.11 bits per heavy atom. The van der Waals surface area contributed by atoms with E-state index in [0.29, 0.717) is 23.0 Å². The van der Waals surface area contributed by atoms with Crippen molar-refractivity contribution >= 4 is 21.6 Å².